The molecule has 0 N–H and O–H groups in total. The Morgan fingerprint density at radius 2 is 2.00 bits per heavy atom. The molecule has 120 valence electrons. The van der Waals surface area contributed by atoms with Crippen molar-refractivity contribution >= 4 is 11.6 Å². The molecule has 0 unspecified atom stereocenters. The fourth-order valence-electron chi connectivity index (χ4n) is 3.79. The molecule has 0 aromatic carbocycles. The van der Waals surface area contributed by atoms with Gasteiger partial charge in [0, 0.05) is 38.9 Å². The highest BCUT2D eigenvalue weighted by Gasteiger charge is 2.54. The average molecular weight is 303 g/mol. The van der Waals surface area contributed by atoms with Crippen molar-refractivity contribution in [3.05, 3.63) is 28.7 Å². The van der Waals surface area contributed by atoms with Crippen molar-refractivity contribution in [1.82, 2.24) is 9.47 Å². The molecule has 5 nitrogen and oxygen atoms in total. The van der Waals surface area contributed by atoms with E-state index in [4.69, 9.17) is 0 Å². The van der Waals surface area contributed by atoms with E-state index in [0.717, 1.165) is 44.7 Å². The van der Waals surface area contributed by atoms with Crippen LogP contribution in [-0.4, -0.2) is 41.6 Å². The second-order valence-electron chi connectivity index (χ2n) is 7.24. The number of rotatable bonds is 3. The highest BCUT2D eigenvalue weighted by atomic mass is 16.2. The Morgan fingerprint density at radius 1 is 1.23 bits per heavy atom. The predicted octanol–water partition coefficient (Wildman–Crippen LogP) is 1.47. The first-order chi connectivity index (χ1) is 10.4. The SMILES string of the molecule is CC(C)CN1CCC[C@]2(C1)CN(c1ccc(=O)n(C)c1)C2=O. The summed E-state index contributed by atoms with van der Waals surface area (Å²) in [5.74, 6) is 0.852. The van der Waals surface area contributed by atoms with Gasteiger partial charge in [0.2, 0.25) is 11.5 Å². The van der Waals surface area contributed by atoms with Gasteiger partial charge >= 0.3 is 0 Å². The largest absolute Gasteiger partial charge is 0.317 e. The van der Waals surface area contributed by atoms with Gasteiger partial charge in [-0.1, -0.05) is 13.8 Å². The van der Waals surface area contributed by atoms with Crippen molar-refractivity contribution in [2.24, 2.45) is 18.4 Å². The molecule has 2 fully saturated rings. The lowest BCUT2D eigenvalue weighted by atomic mass is 9.72. The van der Waals surface area contributed by atoms with Crippen LogP contribution < -0.4 is 10.5 Å². The zero-order valence-corrected chi connectivity index (χ0v) is 13.7. The molecule has 2 saturated heterocycles. The van der Waals surface area contributed by atoms with Gasteiger partial charge in [0.05, 0.1) is 11.1 Å². The molecule has 0 saturated carbocycles. The van der Waals surface area contributed by atoms with Gasteiger partial charge in [-0.3, -0.25) is 9.59 Å². The molecular formula is C17H25N3O2. The van der Waals surface area contributed by atoms with Gasteiger partial charge in [0.1, 0.15) is 0 Å². The summed E-state index contributed by atoms with van der Waals surface area (Å²) in [5.41, 5.74) is 0.591. The van der Waals surface area contributed by atoms with Crippen LogP contribution in [0.1, 0.15) is 26.7 Å². The van der Waals surface area contributed by atoms with E-state index >= 15 is 0 Å². The number of aromatic nitrogens is 1. The summed E-state index contributed by atoms with van der Waals surface area (Å²) in [4.78, 5) is 28.5. The topological polar surface area (TPSA) is 45.5 Å². The van der Waals surface area contributed by atoms with E-state index in [1.165, 1.54) is 10.6 Å². The third-order valence-corrected chi connectivity index (χ3v) is 4.82. The summed E-state index contributed by atoms with van der Waals surface area (Å²) >= 11 is 0. The third kappa shape index (κ3) is 2.58. The lowest BCUT2D eigenvalue weighted by molar-refractivity contribution is -0.139. The van der Waals surface area contributed by atoms with Crippen LogP contribution >= 0.6 is 0 Å². The first-order valence-corrected chi connectivity index (χ1v) is 8.12. The molecule has 5 heteroatoms. The van der Waals surface area contributed by atoms with Gasteiger partial charge in [-0.25, -0.2) is 0 Å². The van der Waals surface area contributed by atoms with E-state index in [1.807, 2.05) is 4.90 Å². The number of hydrogen-bond donors (Lipinski definition) is 0. The van der Waals surface area contributed by atoms with E-state index in [-0.39, 0.29) is 16.9 Å². The number of nitrogens with zero attached hydrogens (tertiary/aromatic N) is 3. The number of pyridine rings is 1. The summed E-state index contributed by atoms with van der Waals surface area (Å²) in [6, 6.07) is 3.28. The Balaban J connectivity index is 1.73. The molecule has 0 bridgehead atoms. The summed E-state index contributed by atoms with van der Waals surface area (Å²) in [6.45, 7) is 8.27. The molecule has 0 radical (unpaired) electrons. The zero-order chi connectivity index (χ0) is 15.9. The maximum Gasteiger partial charge on any atom is 0.250 e. The van der Waals surface area contributed by atoms with E-state index in [1.54, 1.807) is 19.3 Å². The summed E-state index contributed by atoms with van der Waals surface area (Å²) in [7, 11) is 1.72. The summed E-state index contributed by atoms with van der Waals surface area (Å²) < 4.78 is 1.53. The van der Waals surface area contributed by atoms with E-state index < -0.39 is 0 Å². The molecule has 1 amide bonds. The number of β-lactam (4-membered cyclic amide) rings is 1. The molecule has 1 aromatic heterocycles. The lowest BCUT2D eigenvalue weighted by Crippen LogP contribution is -2.67. The smallest absolute Gasteiger partial charge is 0.250 e. The zero-order valence-electron chi connectivity index (χ0n) is 13.7. The van der Waals surface area contributed by atoms with Crippen molar-refractivity contribution in [2.75, 3.05) is 31.1 Å². The Kier molecular flexibility index (Phi) is 3.85. The molecular weight excluding hydrogens is 278 g/mol. The van der Waals surface area contributed by atoms with Crippen LogP contribution in [-0.2, 0) is 11.8 Å². The number of likely N-dealkylation sites (tertiary alicyclic amines) is 1. The molecule has 2 aliphatic rings. The number of piperidine rings is 1. The van der Waals surface area contributed by atoms with Crippen molar-refractivity contribution in [3.8, 4) is 0 Å². The Hall–Kier alpha value is -1.62. The monoisotopic (exact) mass is 303 g/mol. The maximum absolute atomic E-state index is 12.8. The van der Waals surface area contributed by atoms with Crippen LogP contribution in [0.25, 0.3) is 0 Å². The molecule has 1 atom stereocenters. The van der Waals surface area contributed by atoms with Crippen LogP contribution in [0.15, 0.2) is 23.1 Å². The summed E-state index contributed by atoms with van der Waals surface area (Å²) in [6.07, 6.45) is 3.84. The van der Waals surface area contributed by atoms with E-state index in [0.29, 0.717) is 5.92 Å². The van der Waals surface area contributed by atoms with Gasteiger partial charge < -0.3 is 14.4 Å². The molecule has 3 heterocycles. The minimum atomic E-state index is -0.193. The van der Waals surface area contributed by atoms with Gasteiger partial charge in [-0.2, -0.15) is 0 Å². The van der Waals surface area contributed by atoms with Crippen LogP contribution in [0.5, 0.6) is 0 Å². The highest BCUT2D eigenvalue weighted by Crippen LogP contribution is 2.42. The van der Waals surface area contributed by atoms with Crippen LogP contribution in [0.4, 0.5) is 5.69 Å². The Bertz CT molecular complexity index is 637. The second kappa shape index (κ2) is 5.54. The van der Waals surface area contributed by atoms with Gasteiger partial charge in [-0.15, -0.1) is 0 Å². The molecule has 3 rings (SSSR count). The number of aryl methyl sites for hydroxylation is 1. The Labute approximate surface area is 131 Å². The molecule has 0 aliphatic carbocycles. The number of hydrogen-bond acceptors (Lipinski definition) is 3. The molecule has 1 aromatic rings. The fraction of sp³-hybridized carbons (Fsp3) is 0.647. The predicted molar refractivity (Wildman–Crippen MR) is 87.0 cm³/mol. The van der Waals surface area contributed by atoms with Crippen molar-refractivity contribution in [1.29, 1.82) is 0 Å². The normalized spacial score (nSPS) is 25.8. The lowest BCUT2D eigenvalue weighted by Gasteiger charge is -2.53. The minimum absolute atomic E-state index is 0.0489. The van der Waals surface area contributed by atoms with E-state index in [9.17, 15) is 9.59 Å². The second-order valence-corrected chi connectivity index (χ2v) is 7.24. The Morgan fingerprint density at radius 3 is 2.64 bits per heavy atom. The van der Waals surface area contributed by atoms with Gasteiger partial charge in [0.25, 0.3) is 0 Å². The van der Waals surface area contributed by atoms with E-state index in [2.05, 4.69) is 18.7 Å². The first-order valence-electron chi connectivity index (χ1n) is 8.12. The minimum Gasteiger partial charge on any atom is -0.317 e. The van der Waals surface area contributed by atoms with Crippen LogP contribution in [0, 0.1) is 11.3 Å². The number of carbonyl (C=O) groups is 1. The van der Waals surface area contributed by atoms with Crippen LogP contribution in [0.2, 0.25) is 0 Å². The standard InChI is InChI=1S/C17H25N3O2/c1-13(2)9-19-8-4-7-17(11-19)12-20(16(17)22)14-5-6-15(21)18(3)10-14/h5-6,10,13H,4,7-9,11-12H2,1-3H3/t17-/m0/s1. The molecule has 2 aliphatic heterocycles. The van der Waals surface area contributed by atoms with Gasteiger partial charge in [0.15, 0.2) is 0 Å². The number of carbonyl (C=O) groups excluding carboxylic acids is 1. The number of anilines is 1. The quantitative estimate of drug-likeness (QED) is 0.794. The highest BCUT2D eigenvalue weighted by molar-refractivity contribution is 6.04. The number of amides is 1. The molecule has 22 heavy (non-hydrogen) atoms. The van der Waals surface area contributed by atoms with Crippen molar-refractivity contribution < 1.29 is 4.79 Å². The summed E-state index contributed by atoms with van der Waals surface area (Å²) in [5, 5.41) is 0. The van der Waals surface area contributed by atoms with Gasteiger partial charge in [-0.05, 0) is 31.4 Å². The van der Waals surface area contributed by atoms with Crippen molar-refractivity contribution in [3.63, 3.8) is 0 Å². The van der Waals surface area contributed by atoms with Crippen molar-refractivity contribution in [2.45, 2.75) is 26.7 Å². The third-order valence-electron chi connectivity index (χ3n) is 4.82. The molecule has 1 spiro atoms. The fourth-order valence-corrected chi connectivity index (χ4v) is 3.79. The average Bonchev–Trinajstić information content (AvgIpc) is 2.47. The first kappa shape index (κ1) is 15.3. The maximum atomic E-state index is 12.8. The van der Waals surface area contributed by atoms with Crippen LogP contribution in [0.3, 0.4) is 0 Å².